The second-order valence-electron chi connectivity index (χ2n) is 2.04. The average Bonchev–Trinajstić information content (AvgIpc) is 1.84. The number of primary amides is 1. The van der Waals surface area contributed by atoms with Crippen LogP contribution in [0.1, 0.15) is 13.3 Å². The molecule has 0 aromatic heterocycles. The molecule has 5 heteroatoms. The van der Waals surface area contributed by atoms with Gasteiger partial charge in [0, 0.05) is 6.92 Å². The van der Waals surface area contributed by atoms with Gasteiger partial charge < -0.3 is 11.1 Å². The number of hydrogen-bond donors (Lipinski definition) is 2. The van der Waals surface area contributed by atoms with Crippen LogP contribution in [0.4, 0.5) is 0 Å². The van der Waals surface area contributed by atoms with Crippen LogP contribution < -0.4 is 11.1 Å². The summed E-state index contributed by atoms with van der Waals surface area (Å²) in [6.45, 7) is 1.24. The Hall–Kier alpha value is -1.39. The zero-order chi connectivity index (χ0) is 8.85. The minimum atomic E-state index is -0.912. The number of nitrogens with two attached hydrogens (primary N) is 1. The molecule has 1 radical (unpaired) electrons. The van der Waals surface area contributed by atoms with E-state index in [2.05, 4.69) is 5.32 Å². The fourth-order valence-corrected chi connectivity index (χ4v) is 0.569. The van der Waals surface area contributed by atoms with Gasteiger partial charge in [-0.2, -0.15) is 0 Å². The van der Waals surface area contributed by atoms with Crippen LogP contribution in [0.15, 0.2) is 0 Å². The summed E-state index contributed by atoms with van der Waals surface area (Å²) in [6.07, 6.45) is 1.28. The van der Waals surface area contributed by atoms with Crippen LogP contribution in [0.5, 0.6) is 0 Å². The number of carbonyl (C=O) groups is 2. The molecule has 0 rings (SSSR count). The van der Waals surface area contributed by atoms with Crippen LogP contribution in [0.2, 0.25) is 0 Å². The lowest BCUT2D eigenvalue weighted by atomic mass is 10.2. The van der Waals surface area contributed by atoms with Gasteiger partial charge in [0.1, 0.15) is 6.04 Å². The van der Waals surface area contributed by atoms with Crippen molar-refractivity contribution in [1.29, 1.82) is 0 Å². The lowest BCUT2D eigenvalue weighted by molar-refractivity contribution is -0.120. The summed E-state index contributed by atoms with van der Waals surface area (Å²) in [5, 5.41) is 2.20. The van der Waals surface area contributed by atoms with Crippen LogP contribution in [0, 0.1) is 0 Å². The number of carbonyl (C=O) groups excluding carboxylic acids is 3. The van der Waals surface area contributed by atoms with E-state index >= 15 is 0 Å². The van der Waals surface area contributed by atoms with E-state index in [1.807, 2.05) is 0 Å². The highest BCUT2D eigenvalue weighted by molar-refractivity contribution is 5.83. The standard InChI is InChI=1S/C6H9N2O3/c1-4(10)8-5(3-9)2-6(7)11/h5H,2H2,1H3,(H2,7,11)(H,8,10)/t5-/m0/s1. The molecule has 2 amide bonds. The molecule has 0 fully saturated rings. The summed E-state index contributed by atoms with van der Waals surface area (Å²) in [5.41, 5.74) is 4.78. The normalized spacial score (nSPS) is 11.7. The zero-order valence-electron chi connectivity index (χ0n) is 6.09. The number of hydrogen-bond acceptors (Lipinski definition) is 3. The van der Waals surface area contributed by atoms with Gasteiger partial charge in [0.15, 0.2) is 0 Å². The second-order valence-corrected chi connectivity index (χ2v) is 2.04. The highest BCUT2D eigenvalue weighted by Gasteiger charge is 2.11. The summed E-state index contributed by atoms with van der Waals surface area (Å²) >= 11 is 0. The Labute approximate surface area is 63.9 Å². The minimum Gasteiger partial charge on any atom is -0.370 e. The molecule has 0 unspecified atom stereocenters. The third kappa shape index (κ3) is 5.07. The van der Waals surface area contributed by atoms with E-state index in [0.29, 0.717) is 0 Å². The molecule has 3 N–H and O–H groups in total. The quantitative estimate of drug-likeness (QED) is 0.519. The maximum Gasteiger partial charge on any atom is 0.223 e. The van der Waals surface area contributed by atoms with Gasteiger partial charge in [-0.3, -0.25) is 14.4 Å². The van der Waals surface area contributed by atoms with Crippen LogP contribution in [-0.4, -0.2) is 24.1 Å². The molecule has 61 valence electrons. The molecular formula is C6H9N2O3. The van der Waals surface area contributed by atoms with Gasteiger partial charge in [-0.05, 0) is 0 Å². The van der Waals surface area contributed by atoms with Crippen molar-refractivity contribution < 1.29 is 14.4 Å². The van der Waals surface area contributed by atoms with Gasteiger partial charge in [0.25, 0.3) is 0 Å². The predicted molar refractivity (Wildman–Crippen MR) is 37.1 cm³/mol. The summed E-state index contributed by atoms with van der Waals surface area (Å²) < 4.78 is 0. The molecule has 0 aromatic carbocycles. The minimum absolute atomic E-state index is 0.205. The number of nitrogens with one attached hydrogen (secondary N) is 1. The summed E-state index contributed by atoms with van der Waals surface area (Å²) in [7, 11) is 0. The van der Waals surface area contributed by atoms with E-state index in [9.17, 15) is 14.4 Å². The maximum absolute atomic E-state index is 10.4. The van der Waals surface area contributed by atoms with Gasteiger partial charge in [-0.15, -0.1) is 0 Å². The largest absolute Gasteiger partial charge is 0.370 e. The van der Waals surface area contributed by atoms with Crippen molar-refractivity contribution in [3.05, 3.63) is 0 Å². The van der Waals surface area contributed by atoms with Crippen molar-refractivity contribution in [2.45, 2.75) is 19.4 Å². The van der Waals surface area contributed by atoms with Crippen molar-refractivity contribution in [3.63, 3.8) is 0 Å². The molecule has 0 bridgehead atoms. The van der Waals surface area contributed by atoms with Crippen molar-refractivity contribution in [2.75, 3.05) is 0 Å². The number of amides is 2. The molecular weight excluding hydrogens is 148 g/mol. The van der Waals surface area contributed by atoms with E-state index in [1.54, 1.807) is 0 Å². The van der Waals surface area contributed by atoms with E-state index in [-0.39, 0.29) is 12.3 Å². The average molecular weight is 157 g/mol. The molecule has 0 aliphatic rings. The molecule has 0 spiro atoms. The Kier molecular flexibility index (Phi) is 3.87. The number of rotatable bonds is 4. The molecule has 0 aliphatic heterocycles. The van der Waals surface area contributed by atoms with E-state index in [4.69, 9.17) is 5.73 Å². The van der Waals surface area contributed by atoms with Gasteiger partial charge in [-0.1, -0.05) is 0 Å². The molecule has 11 heavy (non-hydrogen) atoms. The van der Waals surface area contributed by atoms with Gasteiger partial charge in [-0.25, -0.2) is 0 Å². The van der Waals surface area contributed by atoms with E-state index in [1.165, 1.54) is 13.2 Å². The lowest BCUT2D eigenvalue weighted by Crippen LogP contribution is -2.37. The maximum atomic E-state index is 10.4. The van der Waals surface area contributed by atoms with E-state index < -0.39 is 11.9 Å². The van der Waals surface area contributed by atoms with Crippen LogP contribution in [0.25, 0.3) is 0 Å². The third-order valence-corrected chi connectivity index (χ3v) is 0.925. The first kappa shape index (κ1) is 9.61. The SMILES string of the molecule is CC(=O)N[C@H]([C]=O)CC(N)=O. The first-order chi connectivity index (χ1) is 5.06. The smallest absolute Gasteiger partial charge is 0.223 e. The lowest BCUT2D eigenvalue weighted by Gasteiger charge is -2.06. The zero-order valence-corrected chi connectivity index (χ0v) is 6.09. The summed E-state index contributed by atoms with van der Waals surface area (Å²) in [4.78, 5) is 30.6. The third-order valence-electron chi connectivity index (χ3n) is 0.925. The van der Waals surface area contributed by atoms with Crippen molar-refractivity contribution in [3.8, 4) is 0 Å². The molecule has 0 aliphatic carbocycles. The molecule has 5 nitrogen and oxygen atoms in total. The monoisotopic (exact) mass is 157 g/mol. The Morgan fingerprint density at radius 2 is 2.18 bits per heavy atom. The Balaban J connectivity index is 3.85. The Bertz CT molecular complexity index is 163. The van der Waals surface area contributed by atoms with E-state index in [0.717, 1.165) is 0 Å². The van der Waals surface area contributed by atoms with Crippen molar-refractivity contribution >= 4 is 18.1 Å². The second kappa shape index (κ2) is 4.43. The van der Waals surface area contributed by atoms with Crippen molar-refractivity contribution in [2.24, 2.45) is 5.73 Å². The summed E-state index contributed by atoms with van der Waals surface area (Å²) in [6, 6.07) is -0.912. The predicted octanol–water partition coefficient (Wildman–Crippen LogP) is -1.52. The highest BCUT2D eigenvalue weighted by atomic mass is 16.2. The fourth-order valence-electron chi connectivity index (χ4n) is 0.569. The Morgan fingerprint density at radius 1 is 1.64 bits per heavy atom. The first-order valence-corrected chi connectivity index (χ1v) is 2.99. The molecule has 0 saturated carbocycles. The van der Waals surface area contributed by atoms with Gasteiger partial charge >= 0.3 is 0 Å². The van der Waals surface area contributed by atoms with Crippen LogP contribution in [0.3, 0.4) is 0 Å². The first-order valence-electron chi connectivity index (χ1n) is 2.99. The molecule has 1 atom stereocenters. The van der Waals surface area contributed by atoms with Gasteiger partial charge in [0.05, 0.1) is 6.42 Å². The topological polar surface area (TPSA) is 89.3 Å². The van der Waals surface area contributed by atoms with Gasteiger partial charge in [0.2, 0.25) is 18.1 Å². The molecule has 0 heterocycles. The molecule has 0 saturated heterocycles. The molecule has 0 aromatic rings. The summed E-state index contributed by atoms with van der Waals surface area (Å²) in [5.74, 6) is -1.04. The van der Waals surface area contributed by atoms with Crippen molar-refractivity contribution in [1.82, 2.24) is 5.32 Å². The Morgan fingerprint density at radius 3 is 2.45 bits per heavy atom. The van der Waals surface area contributed by atoms with Crippen LogP contribution >= 0.6 is 0 Å². The fraction of sp³-hybridized carbons (Fsp3) is 0.500. The highest BCUT2D eigenvalue weighted by Crippen LogP contribution is 1.85. The van der Waals surface area contributed by atoms with Crippen LogP contribution in [-0.2, 0) is 14.4 Å².